The van der Waals surface area contributed by atoms with E-state index in [0.29, 0.717) is 30.4 Å². The van der Waals surface area contributed by atoms with Gasteiger partial charge in [0.2, 0.25) is 0 Å². The zero-order valence-electron chi connectivity index (χ0n) is 21.3. The quantitative estimate of drug-likeness (QED) is 0.395. The predicted molar refractivity (Wildman–Crippen MR) is 143 cm³/mol. The molecular weight excluding hydrogens is 452 g/mol. The van der Waals surface area contributed by atoms with Crippen molar-refractivity contribution in [3.63, 3.8) is 0 Å². The van der Waals surface area contributed by atoms with Gasteiger partial charge in [0.25, 0.3) is 0 Å². The van der Waals surface area contributed by atoms with Crippen molar-refractivity contribution in [3.05, 3.63) is 65.5 Å². The summed E-state index contributed by atoms with van der Waals surface area (Å²) in [6.07, 6.45) is 4.18. The Morgan fingerprint density at radius 1 is 1.06 bits per heavy atom. The van der Waals surface area contributed by atoms with Crippen LogP contribution in [0.3, 0.4) is 0 Å². The topological polar surface area (TPSA) is 88.8 Å². The van der Waals surface area contributed by atoms with Crippen LogP contribution in [0.15, 0.2) is 48.7 Å². The molecule has 3 aromatic rings. The predicted octanol–water partition coefficient (Wildman–Crippen LogP) is 5.18. The number of anilines is 2. The van der Waals surface area contributed by atoms with E-state index in [4.69, 9.17) is 10.5 Å². The Bertz CT molecular complexity index is 1300. The number of nitrogen functional groups attached to an aromatic ring is 1. The third kappa shape index (κ3) is 5.15. The van der Waals surface area contributed by atoms with Crippen molar-refractivity contribution in [1.29, 1.82) is 0 Å². The number of para-hydroxylation sites is 1. The normalized spacial score (nSPS) is 16.3. The summed E-state index contributed by atoms with van der Waals surface area (Å²) in [6.45, 7) is 8.45. The zero-order valence-corrected chi connectivity index (χ0v) is 21.3. The Balaban J connectivity index is 1.36. The van der Waals surface area contributed by atoms with Gasteiger partial charge in [-0.1, -0.05) is 24.3 Å². The monoisotopic (exact) mass is 486 g/mol. The fourth-order valence-electron chi connectivity index (χ4n) is 4.87. The summed E-state index contributed by atoms with van der Waals surface area (Å²) in [5.74, 6) is 0.477. The molecule has 5 rings (SSSR count). The van der Waals surface area contributed by atoms with E-state index < -0.39 is 5.60 Å². The maximum atomic E-state index is 13.0. The molecule has 0 spiro atoms. The van der Waals surface area contributed by atoms with Gasteiger partial charge in [-0.05, 0) is 74.2 Å². The highest BCUT2D eigenvalue weighted by Gasteiger charge is 2.32. The number of ketones is 1. The van der Waals surface area contributed by atoms with E-state index in [1.165, 1.54) is 11.3 Å². The number of hydrogen-bond acceptors (Lipinski definition) is 6. The van der Waals surface area contributed by atoms with E-state index in [0.717, 1.165) is 42.3 Å². The molecule has 0 unspecified atom stereocenters. The van der Waals surface area contributed by atoms with Crippen LogP contribution in [0.1, 0.15) is 61.1 Å². The number of aromatic nitrogens is 1. The lowest BCUT2D eigenvalue weighted by atomic mass is 9.97. The second-order valence-corrected chi connectivity index (χ2v) is 10.8. The second-order valence-electron chi connectivity index (χ2n) is 10.8. The molecule has 1 aliphatic carbocycles. The van der Waals surface area contributed by atoms with Gasteiger partial charge in [0.15, 0.2) is 5.78 Å². The number of pyridine rings is 1. The minimum atomic E-state index is -0.493. The molecule has 2 aliphatic rings. The molecule has 7 nitrogen and oxygen atoms in total. The Kier molecular flexibility index (Phi) is 6.33. The average Bonchev–Trinajstić information content (AvgIpc) is 3.69. The van der Waals surface area contributed by atoms with Crippen LogP contribution in [0.2, 0.25) is 0 Å². The maximum absolute atomic E-state index is 13.0. The molecule has 7 heteroatoms. The summed E-state index contributed by atoms with van der Waals surface area (Å²) in [7, 11) is 0. The van der Waals surface area contributed by atoms with E-state index in [-0.39, 0.29) is 18.3 Å². The van der Waals surface area contributed by atoms with Crippen LogP contribution in [0, 0.1) is 0 Å². The first-order valence-electron chi connectivity index (χ1n) is 12.7. The lowest BCUT2D eigenvalue weighted by Crippen LogP contribution is -2.50. The van der Waals surface area contributed by atoms with E-state index >= 15 is 0 Å². The first kappa shape index (κ1) is 24.1. The molecule has 36 heavy (non-hydrogen) atoms. The summed E-state index contributed by atoms with van der Waals surface area (Å²) in [6, 6.07) is 13.6. The van der Waals surface area contributed by atoms with Crippen LogP contribution >= 0.6 is 0 Å². The largest absolute Gasteiger partial charge is 0.444 e. The van der Waals surface area contributed by atoms with E-state index in [9.17, 15) is 9.59 Å². The molecule has 1 saturated heterocycles. The van der Waals surface area contributed by atoms with Gasteiger partial charge >= 0.3 is 6.09 Å². The molecule has 0 atom stereocenters. The van der Waals surface area contributed by atoms with Crippen molar-refractivity contribution < 1.29 is 14.3 Å². The van der Waals surface area contributed by atoms with Crippen LogP contribution in [0.5, 0.6) is 0 Å². The van der Waals surface area contributed by atoms with E-state index in [1.54, 1.807) is 4.90 Å². The number of nitrogens with zero attached hydrogens (tertiary/aromatic N) is 3. The molecule has 2 aromatic carbocycles. The summed E-state index contributed by atoms with van der Waals surface area (Å²) in [5, 5.41) is 2.15. The van der Waals surface area contributed by atoms with Gasteiger partial charge in [0.1, 0.15) is 11.3 Å². The maximum Gasteiger partial charge on any atom is 0.410 e. The smallest absolute Gasteiger partial charge is 0.410 e. The van der Waals surface area contributed by atoms with Crippen molar-refractivity contribution >= 4 is 34.0 Å². The molecule has 0 radical (unpaired) electrons. The number of fused-ring (bicyclic) bond motifs is 1. The van der Waals surface area contributed by atoms with E-state index in [1.807, 2.05) is 57.3 Å². The summed E-state index contributed by atoms with van der Waals surface area (Å²) < 4.78 is 5.55. The molecule has 1 aromatic heterocycles. The lowest BCUT2D eigenvalue weighted by molar-refractivity contribution is 0.0240. The van der Waals surface area contributed by atoms with Crippen LogP contribution < -0.4 is 10.6 Å². The second kappa shape index (κ2) is 9.45. The summed E-state index contributed by atoms with van der Waals surface area (Å²) in [5.41, 5.74) is 9.98. The third-order valence-corrected chi connectivity index (χ3v) is 6.87. The molecule has 2 N–H and O–H groups in total. The van der Waals surface area contributed by atoms with E-state index in [2.05, 4.69) is 22.0 Å². The number of hydrogen-bond donors (Lipinski definition) is 1. The highest BCUT2D eigenvalue weighted by atomic mass is 16.6. The van der Waals surface area contributed by atoms with Crippen LogP contribution in [0.4, 0.5) is 16.2 Å². The summed E-state index contributed by atoms with van der Waals surface area (Å²) in [4.78, 5) is 34.2. The molecule has 1 aliphatic heterocycles. The van der Waals surface area contributed by atoms with Crippen LogP contribution in [-0.2, 0) is 11.2 Å². The Morgan fingerprint density at radius 2 is 1.78 bits per heavy atom. The average molecular weight is 487 g/mol. The zero-order chi connectivity index (χ0) is 25.4. The Hall–Kier alpha value is -3.61. The molecule has 1 saturated carbocycles. The number of rotatable bonds is 5. The molecule has 2 fully saturated rings. The van der Waals surface area contributed by atoms with Crippen molar-refractivity contribution in [3.8, 4) is 0 Å². The fourth-order valence-corrected chi connectivity index (χ4v) is 4.87. The van der Waals surface area contributed by atoms with Crippen molar-refractivity contribution in [2.45, 2.75) is 51.6 Å². The molecule has 1 amide bonds. The molecule has 2 heterocycles. The van der Waals surface area contributed by atoms with Crippen LogP contribution in [-0.4, -0.2) is 53.5 Å². The minimum absolute atomic E-state index is 0.0369. The number of nitrogens with two attached hydrogens (primary N) is 1. The number of ether oxygens (including phenoxy) is 1. The van der Waals surface area contributed by atoms with Crippen molar-refractivity contribution in [2.75, 3.05) is 36.8 Å². The van der Waals surface area contributed by atoms with Crippen LogP contribution in [0.25, 0.3) is 10.8 Å². The van der Waals surface area contributed by atoms with Gasteiger partial charge in [-0.3, -0.25) is 9.78 Å². The standard InChI is InChI=1S/C29H34N4O3/c1-29(2,3)36-28(35)33-14-12-32(13-15-33)25-11-10-20-16-24(31-18-22(20)27(25)19-8-9-19)26(34)17-21-6-4-5-7-23(21)30/h4-7,10-11,16,18-19H,8-9,12-15,17,30H2,1-3H3. The number of Topliss-reactive ketones (excluding diaryl/α,β-unsaturated/α-hetero) is 1. The van der Waals surface area contributed by atoms with Crippen molar-refractivity contribution in [2.24, 2.45) is 0 Å². The lowest BCUT2D eigenvalue weighted by Gasteiger charge is -2.37. The highest BCUT2D eigenvalue weighted by molar-refractivity contribution is 6.01. The fraction of sp³-hybridized carbons (Fsp3) is 0.414. The summed E-state index contributed by atoms with van der Waals surface area (Å²) >= 11 is 0. The van der Waals surface area contributed by atoms with Gasteiger partial charge in [0.05, 0.1) is 0 Å². The molecular formula is C29H34N4O3. The number of piperazine rings is 1. The third-order valence-electron chi connectivity index (χ3n) is 6.87. The first-order valence-corrected chi connectivity index (χ1v) is 12.7. The van der Waals surface area contributed by atoms with Gasteiger partial charge in [-0.25, -0.2) is 4.79 Å². The number of benzene rings is 2. The van der Waals surface area contributed by atoms with Gasteiger partial charge in [-0.2, -0.15) is 0 Å². The highest BCUT2D eigenvalue weighted by Crippen LogP contribution is 2.47. The number of carbonyl (C=O) groups is 2. The Morgan fingerprint density at radius 3 is 2.44 bits per heavy atom. The van der Waals surface area contributed by atoms with Gasteiger partial charge in [-0.15, -0.1) is 0 Å². The number of carbonyl (C=O) groups excluding carboxylic acids is 2. The molecule has 0 bridgehead atoms. The number of amides is 1. The van der Waals surface area contributed by atoms with Gasteiger partial charge < -0.3 is 20.3 Å². The van der Waals surface area contributed by atoms with Gasteiger partial charge in [0, 0.05) is 55.6 Å². The SMILES string of the molecule is CC(C)(C)OC(=O)N1CCN(c2ccc3cc(C(=O)Cc4ccccc4N)ncc3c2C2CC2)CC1. The molecule has 188 valence electrons. The Labute approximate surface area is 212 Å². The first-order chi connectivity index (χ1) is 17.2. The minimum Gasteiger partial charge on any atom is -0.444 e. The van der Waals surface area contributed by atoms with Crippen molar-refractivity contribution in [1.82, 2.24) is 9.88 Å².